The minimum Gasteiger partial charge on any atom is -0.264 e. The first-order valence-electron chi connectivity index (χ1n) is 7.49. The monoisotopic (exact) mass is 316 g/mol. The molecule has 1 saturated heterocycles. The molecule has 1 fully saturated rings. The summed E-state index contributed by atoms with van der Waals surface area (Å²) in [5.74, 6) is 0. The predicted octanol–water partition coefficient (Wildman–Crippen LogP) is 3.22. The lowest BCUT2D eigenvalue weighted by Gasteiger charge is -2.25. The summed E-state index contributed by atoms with van der Waals surface area (Å²) in [5.41, 5.74) is 3.16. The molecule has 0 unspecified atom stereocenters. The molecule has 1 aromatic heterocycles. The summed E-state index contributed by atoms with van der Waals surface area (Å²) < 4.78 is 27.5. The van der Waals surface area contributed by atoms with Crippen LogP contribution in [0.25, 0.3) is 0 Å². The lowest BCUT2D eigenvalue weighted by molar-refractivity contribution is 0.395. The van der Waals surface area contributed by atoms with Crippen LogP contribution in [0.3, 0.4) is 0 Å². The molecule has 0 spiro atoms. The van der Waals surface area contributed by atoms with Gasteiger partial charge in [-0.3, -0.25) is 4.98 Å². The van der Waals surface area contributed by atoms with Crippen molar-refractivity contribution < 1.29 is 8.42 Å². The van der Waals surface area contributed by atoms with E-state index in [9.17, 15) is 8.42 Å². The van der Waals surface area contributed by atoms with Gasteiger partial charge in [0.2, 0.25) is 10.0 Å². The predicted molar refractivity (Wildman–Crippen MR) is 86.0 cm³/mol. The average Bonchev–Trinajstić information content (AvgIpc) is 2.98. The van der Waals surface area contributed by atoms with E-state index >= 15 is 0 Å². The maximum atomic E-state index is 13.0. The van der Waals surface area contributed by atoms with Crippen molar-refractivity contribution in [1.82, 2.24) is 9.29 Å². The molecule has 116 valence electrons. The Hall–Kier alpha value is -1.72. The Bertz CT molecular complexity index is 770. The molecule has 0 aliphatic carbocycles. The quantitative estimate of drug-likeness (QED) is 0.873. The Balaban J connectivity index is 1.99. The Kier molecular flexibility index (Phi) is 4.02. The number of pyridine rings is 1. The topological polar surface area (TPSA) is 50.3 Å². The van der Waals surface area contributed by atoms with Crippen molar-refractivity contribution >= 4 is 10.0 Å². The van der Waals surface area contributed by atoms with Crippen molar-refractivity contribution in [3.63, 3.8) is 0 Å². The molecule has 1 atom stereocenters. The molecule has 22 heavy (non-hydrogen) atoms. The second kappa shape index (κ2) is 5.82. The Morgan fingerprint density at radius 1 is 1.14 bits per heavy atom. The van der Waals surface area contributed by atoms with Gasteiger partial charge in [-0.15, -0.1) is 0 Å². The minimum absolute atomic E-state index is 0.0886. The molecule has 0 bridgehead atoms. The van der Waals surface area contributed by atoms with Crippen molar-refractivity contribution in [3.8, 4) is 0 Å². The Morgan fingerprint density at radius 3 is 2.55 bits per heavy atom. The first-order chi connectivity index (χ1) is 10.5. The molecule has 0 amide bonds. The zero-order valence-electron chi connectivity index (χ0n) is 12.9. The van der Waals surface area contributed by atoms with Crippen LogP contribution in [-0.4, -0.2) is 24.3 Å². The maximum Gasteiger partial charge on any atom is 0.243 e. The Labute approximate surface area is 131 Å². The largest absolute Gasteiger partial charge is 0.264 e. The molecule has 1 aromatic carbocycles. The van der Waals surface area contributed by atoms with E-state index in [1.54, 1.807) is 28.8 Å². The van der Waals surface area contributed by atoms with Gasteiger partial charge in [-0.25, -0.2) is 8.42 Å². The molecule has 5 heteroatoms. The van der Waals surface area contributed by atoms with Gasteiger partial charge in [-0.05, 0) is 56.0 Å². The number of nitrogens with zero attached hydrogens (tertiary/aromatic N) is 2. The van der Waals surface area contributed by atoms with E-state index in [4.69, 9.17) is 0 Å². The third kappa shape index (κ3) is 2.66. The minimum atomic E-state index is -3.46. The van der Waals surface area contributed by atoms with Crippen LogP contribution in [0.15, 0.2) is 47.6 Å². The summed E-state index contributed by atoms with van der Waals surface area (Å²) in [6.45, 7) is 4.51. The van der Waals surface area contributed by atoms with Crippen LogP contribution >= 0.6 is 0 Å². The van der Waals surface area contributed by atoms with Crippen molar-refractivity contribution in [1.29, 1.82) is 0 Å². The number of hydrogen-bond acceptors (Lipinski definition) is 3. The molecule has 1 aliphatic rings. The zero-order chi connectivity index (χ0) is 15.7. The van der Waals surface area contributed by atoms with E-state index in [-0.39, 0.29) is 6.04 Å². The fourth-order valence-corrected chi connectivity index (χ4v) is 4.72. The molecule has 0 N–H and O–H groups in total. The van der Waals surface area contributed by atoms with Crippen LogP contribution in [-0.2, 0) is 10.0 Å². The number of benzene rings is 1. The van der Waals surface area contributed by atoms with Gasteiger partial charge in [0.05, 0.1) is 10.9 Å². The average molecular weight is 316 g/mol. The first kappa shape index (κ1) is 15.2. The van der Waals surface area contributed by atoms with E-state index in [1.807, 2.05) is 32.0 Å². The molecule has 2 heterocycles. The lowest BCUT2D eigenvalue weighted by Crippen LogP contribution is -2.31. The highest BCUT2D eigenvalue weighted by molar-refractivity contribution is 7.89. The van der Waals surface area contributed by atoms with Gasteiger partial charge in [0.1, 0.15) is 0 Å². The molecule has 2 aromatic rings. The normalized spacial score (nSPS) is 19.5. The second-order valence-corrected chi connectivity index (χ2v) is 7.71. The van der Waals surface area contributed by atoms with Gasteiger partial charge in [0.25, 0.3) is 0 Å². The lowest BCUT2D eigenvalue weighted by atomic mass is 10.0. The standard InChI is InChI=1S/C17H20N2O2S/c1-13-5-7-15(8-6-13)22(20,21)19-11-3-4-17(19)16-9-10-18-12-14(16)2/h5-10,12,17H,3-4,11H2,1-2H3/t17-/m0/s1. The third-order valence-corrected chi connectivity index (χ3v) is 6.18. The van der Waals surface area contributed by atoms with Gasteiger partial charge in [-0.2, -0.15) is 4.31 Å². The summed E-state index contributed by atoms with van der Waals surface area (Å²) in [5, 5.41) is 0. The zero-order valence-corrected chi connectivity index (χ0v) is 13.7. The summed E-state index contributed by atoms with van der Waals surface area (Å²) in [6.07, 6.45) is 5.27. The van der Waals surface area contributed by atoms with E-state index in [1.165, 1.54) is 0 Å². The highest BCUT2D eigenvalue weighted by Crippen LogP contribution is 2.37. The molecular formula is C17H20N2O2S. The summed E-state index contributed by atoms with van der Waals surface area (Å²) in [7, 11) is -3.46. The number of aryl methyl sites for hydroxylation is 2. The number of aromatic nitrogens is 1. The van der Waals surface area contributed by atoms with Crippen LogP contribution in [0.2, 0.25) is 0 Å². The van der Waals surface area contributed by atoms with Crippen LogP contribution in [0.5, 0.6) is 0 Å². The number of rotatable bonds is 3. The van der Waals surface area contributed by atoms with Gasteiger partial charge in [0, 0.05) is 18.9 Å². The molecule has 0 radical (unpaired) electrons. The van der Waals surface area contributed by atoms with Gasteiger partial charge < -0.3 is 0 Å². The van der Waals surface area contributed by atoms with Crippen LogP contribution in [0.4, 0.5) is 0 Å². The summed E-state index contributed by atoms with van der Waals surface area (Å²) in [6, 6.07) is 8.92. The Morgan fingerprint density at radius 2 is 1.86 bits per heavy atom. The summed E-state index contributed by atoms with van der Waals surface area (Å²) >= 11 is 0. The van der Waals surface area contributed by atoms with Crippen LogP contribution in [0, 0.1) is 13.8 Å². The molecule has 1 aliphatic heterocycles. The van der Waals surface area contributed by atoms with Crippen LogP contribution < -0.4 is 0 Å². The van der Waals surface area contributed by atoms with Crippen molar-refractivity contribution in [2.24, 2.45) is 0 Å². The highest BCUT2D eigenvalue weighted by atomic mass is 32.2. The first-order valence-corrected chi connectivity index (χ1v) is 8.93. The second-order valence-electron chi connectivity index (χ2n) is 5.82. The molecule has 0 saturated carbocycles. The van der Waals surface area contributed by atoms with E-state index in [0.717, 1.165) is 29.5 Å². The smallest absolute Gasteiger partial charge is 0.243 e. The van der Waals surface area contributed by atoms with Crippen LogP contribution in [0.1, 0.15) is 35.6 Å². The van der Waals surface area contributed by atoms with E-state index < -0.39 is 10.0 Å². The van der Waals surface area contributed by atoms with Crippen molar-refractivity contribution in [2.75, 3.05) is 6.54 Å². The van der Waals surface area contributed by atoms with E-state index in [0.29, 0.717) is 11.4 Å². The van der Waals surface area contributed by atoms with Gasteiger partial charge in [-0.1, -0.05) is 17.7 Å². The molecule has 3 rings (SSSR count). The van der Waals surface area contributed by atoms with Gasteiger partial charge in [0.15, 0.2) is 0 Å². The molecule has 4 nitrogen and oxygen atoms in total. The van der Waals surface area contributed by atoms with Gasteiger partial charge >= 0.3 is 0 Å². The number of hydrogen-bond donors (Lipinski definition) is 0. The SMILES string of the molecule is Cc1ccc(S(=O)(=O)N2CCC[C@H]2c2ccncc2C)cc1. The molecular weight excluding hydrogens is 296 g/mol. The van der Waals surface area contributed by atoms with E-state index in [2.05, 4.69) is 4.98 Å². The fraction of sp³-hybridized carbons (Fsp3) is 0.353. The highest BCUT2D eigenvalue weighted by Gasteiger charge is 2.36. The fourth-order valence-electron chi connectivity index (χ4n) is 3.04. The van der Waals surface area contributed by atoms with Crippen molar-refractivity contribution in [2.45, 2.75) is 37.6 Å². The number of sulfonamides is 1. The third-order valence-electron chi connectivity index (χ3n) is 4.25. The maximum absolute atomic E-state index is 13.0. The van der Waals surface area contributed by atoms with Crippen molar-refractivity contribution in [3.05, 3.63) is 59.4 Å². The summed E-state index contributed by atoms with van der Waals surface area (Å²) in [4.78, 5) is 4.48.